The highest BCUT2D eigenvalue weighted by molar-refractivity contribution is 5.50. The molecule has 0 aliphatic carbocycles. The summed E-state index contributed by atoms with van der Waals surface area (Å²) in [5, 5.41) is 0. The number of benzene rings is 1. The van der Waals surface area contributed by atoms with Gasteiger partial charge in [-0.2, -0.15) is 0 Å². The van der Waals surface area contributed by atoms with E-state index in [0.29, 0.717) is 18.3 Å². The molecule has 0 fully saturated rings. The molecule has 0 atom stereocenters. The maximum absolute atomic E-state index is 13.5. The third-order valence-electron chi connectivity index (χ3n) is 2.16. The van der Waals surface area contributed by atoms with E-state index < -0.39 is 11.6 Å². The molecule has 76 valence electrons. The number of halogens is 2. The lowest BCUT2D eigenvalue weighted by Gasteiger charge is -2.06. The van der Waals surface area contributed by atoms with Crippen LogP contribution >= 0.6 is 0 Å². The van der Waals surface area contributed by atoms with Crippen molar-refractivity contribution in [1.82, 2.24) is 0 Å². The summed E-state index contributed by atoms with van der Waals surface area (Å²) in [5.41, 5.74) is 0.517. The maximum atomic E-state index is 13.5. The summed E-state index contributed by atoms with van der Waals surface area (Å²) in [5.74, 6) is -1.07. The van der Waals surface area contributed by atoms with Crippen LogP contribution in [0, 0.1) is 11.6 Å². The monoisotopic (exact) mass is 198 g/mol. The molecule has 0 radical (unpaired) electrons. The Hall–Kier alpha value is -1.25. The number of hydrogen-bond acceptors (Lipinski definition) is 1. The van der Waals surface area contributed by atoms with Gasteiger partial charge < -0.3 is 4.79 Å². The highest BCUT2D eigenvalue weighted by Crippen LogP contribution is 2.18. The molecule has 1 aromatic carbocycles. The molecule has 1 nitrogen and oxygen atoms in total. The number of aldehydes is 1. The molecular formula is C11H12F2O. The van der Waals surface area contributed by atoms with E-state index in [-0.39, 0.29) is 18.4 Å². The number of aryl methyl sites for hydroxylation is 1. The highest BCUT2D eigenvalue weighted by Gasteiger charge is 2.11. The Morgan fingerprint density at radius 3 is 2.64 bits per heavy atom. The Kier molecular flexibility index (Phi) is 3.74. The Labute approximate surface area is 81.7 Å². The van der Waals surface area contributed by atoms with E-state index in [1.165, 1.54) is 12.1 Å². The van der Waals surface area contributed by atoms with E-state index in [9.17, 15) is 13.6 Å². The lowest BCUT2D eigenvalue weighted by atomic mass is 10.0. The molecule has 14 heavy (non-hydrogen) atoms. The third-order valence-corrected chi connectivity index (χ3v) is 2.16. The first-order valence-corrected chi connectivity index (χ1v) is 4.60. The average molecular weight is 198 g/mol. The molecule has 0 aliphatic rings. The van der Waals surface area contributed by atoms with Gasteiger partial charge in [0, 0.05) is 12.0 Å². The van der Waals surface area contributed by atoms with Gasteiger partial charge in [-0.1, -0.05) is 13.0 Å². The fourth-order valence-electron chi connectivity index (χ4n) is 1.35. The predicted octanol–water partition coefficient (Wildman–Crippen LogP) is 2.66. The standard InChI is InChI=1S/C11H12F2O/c1-2-8-5-6-10(12)9(11(8)13)4-3-7-14/h5-7H,2-4H2,1H3. The summed E-state index contributed by atoms with van der Waals surface area (Å²) in [6, 6.07) is 2.69. The topological polar surface area (TPSA) is 17.1 Å². The Bertz CT molecular complexity index is 334. The molecule has 0 spiro atoms. The van der Waals surface area contributed by atoms with E-state index >= 15 is 0 Å². The molecule has 0 N–H and O–H groups in total. The van der Waals surface area contributed by atoms with Crippen molar-refractivity contribution in [3.8, 4) is 0 Å². The zero-order valence-electron chi connectivity index (χ0n) is 8.02. The minimum absolute atomic E-state index is 0.0245. The second-order valence-electron chi connectivity index (χ2n) is 3.06. The summed E-state index contributed by atoms with van der Waals surface area (Å²) in [7, 11) is 0. The van der Waals surface area contributed by atoms with Gasteiger partial charge >= 0.3 is 0 Å². The molecular weight excluding hydrogens is 186 g/mol. The minimum atomic E-state index is -0.568. The van der Waals surface area contributed by atoms with Crippen molar-refractivity contribution >= 4 is 6.29 Å². The summed E-state index contributed by atoms with van der Waals surface area (Å²) in [4.78, 5) is 10.1. The van der Waals surface area contributed by atoms with Gasteiger partial charge in [-0.15, -0.1) is 0 Å². The molecule has 0 aliphatic heterocycles. The molecule has 0 heterocycles. The molecule has 0 saturated carbocycles. The van der Waals surface area contributed by atoms with E-state index in [1.807, 2.05) is 0 Å². The number of rotatable bonds is 4. The van der Waals surface area contributed by atoms with Crippen molar-refractivity contribution in [1.29, 1.82) is 0 Å². The van der Waals surface area contributed by atoms with Gasteiger partial charge in [0.15, 0.2) is 0 Å². The van der Waals surface area contributed by atoms with Crippen molar-refractivity contribution in [2.75, 3.05) is 0 Å². The van der Waals surface area contributed by atoms with Gasteiger partial charge in [-0.25, -0.2) is 8.78 Å². The molecule has 1 aromatic rings. The minimum Gasteiger partial charge on any atom is -0.303 e. The Morgan fingerprint density at radius 2 is 2.07 bits per heavy atom. The van der Waals surface area contributed by atoms with Crippen molar-refractivity contribution in [2.24, 2.45) is 0 Å². The quantitative estimate of drug-likeness (QED) is 0.680. The number of hydrogen-bond donors (Lipinski definition) is 0. The van der Waals surface area contributed by atoms with Crippen LogP contribution in [0.3, 0.4) is 0 Å². The van der Waals surface area contributed by atoms with Gasteiger partial charge in [-0.05, 0) is 24.5 Å². The van der Waals surface area contributed by atoms with Gasteiger partial charge in [0.1, 0.15) is 17.9 Å². The van der Waals surface area contributed by atoms with Gasteiger partial charge in [0.25, 0.3) is 0 Å². The lowest BCUT2D eigenvalue weighted by Crippen LogP contribution is -2.00. The maximum Gasteiger partial charge on any atom is 0.132 e. The van der Waals surface area contributed by atoms with Crippen molar-refractivity contribution < 1.29 is 13.6 Å². The van der Waals surface area contributed by atoms with Crippen LogP contribution in [-0.4, -0.2) is 6.29 Å². The molecule has 0 saturated heterocycles. The van der Waals surface area contributed by atoms with E-state index in [1.54, 1.807) is 6.92 Å². The van der Waals surface area contributed by atoms with Gasteiger partial charge in [0.2, 0.25) is 0 Å². The fourth-order valence-corrected chi connectivity index (χ4v) is 1.35. The van der Waals surface area contributed by atoms with Crippen molar-refractivity contribution in [3.05, 3.63) is 34.9 Å². The van der Waals surface area contributed by atoms with Gasteiger partial charge in [-0.3, -0.25) is 0 Å². The lowest BCUT2D eigenvalue weighted by molar-refractivity contribution is -0.107. The largest absolute Gasteiger partial charge is 0.303 e. The van der Waals surface area contributed by atoms with Crippen LogP contribution in [0.4, 0.5) is 8.78 Å². The van der Waals surface area contributed by atoms with Gasteiger partial charge in [0.05, 0.1) is 0 Å². The Balaban J connectivity index is 3.04. The summed E-state index contributed by atoms with van der Waals surface area (Å²) >= 11 is 0. The van der Waals surface area contributed by atoms with Crippen LogP contribution in [0.25, 0.3) is 0 Å². The average Bonchev–Trinajstić information content (AvgIpc) is 2.18. The molecule has 0 aromatic heterocycles. The van der Waals surface area contributed by atoms with E-state index in [2.05, 4.69) is 0 Å². The van der Waals surface area contributed by atoms with Crippen molar-refractivity contribution in [3.63, 3.8) is 0 Å². The second-order valence-corrected chi connectivity index (χ2v) is 3.06. The zero-order chi connectivity index (χ0) is 10.6. The van der Waals surface area contributed by atoms with Crippen LogP contribution in [0.5, 0.6) is 0 Å². The molecule has 0 bridgehead atoms. The SMILES string of the molecule is CCc1ccc(F)c(CCC=O)c1F. The first-order valence-electron chi connectivity index (χ1n) is 4.60. The van der Waals surface area contributed by atoms with E-state index in [0.717, 1.165) is 0 Å². The summed E-state index contributed by atoms with van der Waals surface area (Å²) in [6.45, 7) is 1.81. The predicted molar refractivity (Wildman–Crippen MR) is 50.1 cm³/mol. The van der Waals surface area contributed by atoms with Crippen molar-refractivity contribution in [2.45, 2.75) is 26.2 Å². The third kappa shape index (κ3) is 2.16. The number of carbonyl (C=O) groups excluding carboxylic acids is 1. The van der Waals surface area contributed by atoms with Crippen LogP contribution in [-0.2, 0) is 17.6 Å². The fraction of sp³-hybridized carbons (Fsp3) is 0.364. The first-order chi connectivity index (χ1) is 6.70. The normalized spacial score (nSPS) is 10.2. The molecule has 0 unspecified atom stereocenters. The molecule has 0 amide bonds. The van der Waals surface area contributed by atoms with Crippen LogP contribution in [0.2, 0.25) is 0 Å². The molecule has 1 rings (SSSR count). The zero-order valence-corrected chi connectivity index (χ0v) is 8.02. The van der Waals surface area contributed by atoms with Crippen LogP contribution in [0.1, 0.15) is 24.5 Å². The number of carbonyl (C=O) groups is 1. The van der Waals surface area contributed by atoms with E-state index in [4.69, 9.17) is 0 Å². The summed E-state index contributed by atoms with van der Waals surface area (Å²) < 4.78 is 26.6. The first kappa shape index (κ1) is 10.8. The van der Waals surface area contributed by atoms with Crippen LogP contribution < -0.4 is 0 Å². The second kappa shape index (κ2) is 4.84. The summed E-state index contributed by atoms with van der Waals surface area (Å²) in [6.07, 6.45) is 1.48. The Morgan fingerprint density at radius 1 is 1.36 bits per heavy atom. The van der Waals surface area contributed by atoms with Crippen LogP contribution in [0.15, 0.2) is 12.1 Å². The smallest absolute Gasteiger partial charge is 0.132 e. The highest BCUT2D eigenvalue weighted by atomic mass is 19.1. The molecule has 3 heteroatoms.